The Morgan fingerprint density at radius 1 is 1.19 bits per heavy atom. The number of carboxylic acids is 1. The highest BCUT2D eigenvalue weighted by Gasteiger charge is 2.28. The van der Waals surface area contributed by atoms with Crippen molar-refractivity contribution in [2.45, 2.75) is 32.6 Å². The molecule has 0 radical (unpaired) electrons. The molecule has 0 spiro atoms. The lowest BCUT2D eigenvalue weighted by atomic mass is 9.96. The number of carbonyl (C=O) groups is 4. The van der Waals surface area contributed by atoms with Crippen LogP contribution in [0.3, 0.4) is 0 Å². The third-order valence-corrected chi connectivity index (χ3v) is 4.42. The predicted octanol–water partition coefficient (Wildman–Crippen LogP) is 1.48. The van der Waals surface area contributed by atoms with E-state index in [0.29, 0.717) is 30.8 Å². The fraction of sp³-hybridized carbons (Fsp3) is 0.474. The van der Waals surface area contributed by atoms with E-state index in [1.165, 1.54) is 12.1 Å². The first-order valence-electron chi connectivity index (χ1n) is 9.09. The van der Waals surface area contributed by atoms with Gasteiger partial charge in [-0.05, 0) is 43.5 Å². The van der Waals surface area contributed by atoms with E-state index >= 15 is 0 Å². The van der Waals surface area contributed by atoms with E-state index in [1.54, 1.807) is 17.0 Å². The van der Waals surface area contributed by atoms with E-state index in [9.17, 15) is 19.2 Å². The highest BCUT2D eigenvalue weighted by Crippen LogP contribution is 2.20. The second-order valence-corrected chi connectivity index (χ2v) is 6.57. The first kappa shape index (κ1) is 20.4. The zero-order valence-corrected chi connectivity index (χ0v) is 15.4. The number of piperidine rings is 1. The lowest BCUT2D eigenvalue weighted by Gasteiger charge is -2.32. The van der Waals surface area contributed by atoms with Crippen LogP contribution in [0, 0.1) is 5.92 Å². The van der Waals surface area contributed by atoms with Gasteiger partial charge in [0.2, 0.25) is 11.8 Å². The molecule has 1 aliphatic rings. The van der Waals surface area contributed by atoms with E-state index in [0.717, 1.165) is 19.3 Å². The molecule has 1 unspecified atom stereocenters. The van der Waals surface area contributed by atoms with Crippen LogP contribution in [0.1, 0.15) is 43.0 Å². The van der Waals surface area contributed by atoms with Crippen LogP contribution in [-0.4, -0.2) is 53.3 Å². The van der Waals surface area contributed by atoms with Crippen molar-refractivity contribution in [3.8, 4) is 0 Å². The van der Waals surface area contributed by atoms with Crippen molar-refractivity contribution >= 4 is 29.4 Å². The Hall–Kier alpha value is -2.90. The minimum Gasteiger partial charge on any atom is -0.480 e. The van der Waals surface area contributed by atoms with Crippen molar-refractivity contribution in [1.29, 1.82) is 0 Å². The van der Waals surface area contributed by atoms with Gasteiger partial charge in [-0.25, -0.2) is 0 Å². The van der Waals surface area contributed by atoms with E-state index in [2.05, 4.69) is 10.6 Å². The predicted molar refractivity (Wildman–Crippen MR) is 99.3 cm³/mol. The number of hydrogen-bond acceptors (Lipinski definition) is 4. The highest BCUT2D eigenvalue weighted by molar-refractivity contribution is 5.97. The lowest BCUT2D eigenvalue weighted by molar-refractivity contribution is -0.136. The Morgan fingerprint density at radius 3 is 2.52 bits per heavy atom. The van der Waals surface area contributed by atoms with E-state index in [-0.39, 0.29) is 17.7 Å². The quantitative estimate of drug-likeness (QED) is 0.667. The molecule has 2 rings (SSSR count). The molecule has 1 aromatic rings. The number of amides is 3. The van der Waals surface area contributed by atoms with Gasteiger partial charge in [0.1, 0.15) is 6.54 Å². The summed E-state index contributed by atoms with van der Waals surface area (Å²) in [6.07, 6.45) is 2.83. The van der Waals surface area contributed by atoms with Crippen LogP contribution in [0.15, 0.2) is 24.3 Å². The fourth-order valence-electron chi connectivity index (χ4n) is 3.00. The maximum absolute atomic E-state index is 12.5. The number of aliphatic carboxylic acids is 1. The molecule has 1 saturated heterocycles. The van der Waals surface area contributed by atoms with E-state index < -0.39 is 18.4 Å². The monoisotopic (exact) mass is 375 g/mol. The largest absolute Gasteiger partial charge is 0.480 e. The van der Waals surface area contributed by atoms with Gasteiger partial charge < -0.3 is 20.6 Å². The minimum absolute atomic E-state index is 0.0896. The van der Waals surface area contributed by atoms with Gasteiger partial charge >= 0.3 is 5.97 Å². The van der Waals surface area contributed by atoms with Crippen molar-refractivity contribution in [1.82, 2.24) is 10.2 Å². The molecule has 146 valence electrons. The number of anilines is 1. The van der Waals surface area contributed by atoms with Crippen LogP contribution in [-0.2, 0) is 14.4 Å². The van der Waals surface area contributed by atoms with Gasteiger partial charge in [-0.15, -0.1) is 0 Å². The Kier molecular flexibility index (Phi) is 7.34. The summed E-state index contributed by atoms with van der Waals surface area (Å²) in [5, 5.41) is 13.7. The van der Waals surface area contributed by atoms with Crippen LogP contribution < -0.4 is 10.6 Å². The Balaban J connectivity index is 1.90. The second-order valence-electron chi connectivity index (χ2n) is 6.57. The molecule has 1 atom stereocenters. The van der Waals surface area contributed by atoms with E-state index in [1.807, 2.05) is 6.92 Å². The second kappa shape index (κ2) is 9.70. The Bertz CT molecular complexity index is 702. The summed E-state index contributed by atoms with van der Waals surface area (Å²) in [6, 6.07) is 6.22. The molecular formula is C19H25N3O5. The summed E-state index contributed by atoms with van der Waals surface area (Å²) >= 11 is 0. The molecule has 0 aromatic heterocycles. The molecular weight excluding hydrogens is 350 g/mol. The molecule has 27 heavy (non-hydrogen) atoms. The van der Waals surface area contributed by atoms with Crippen LogP contribution in [0.4, 0.5) is 5.69 Å². The third kappa shape index (κ3) is 6.09. The zero-order valence-electron chi connectivity index (χ0n) is 15.4. The first-order chi connectivity index (χ1) is 12.9. The lowest BCUT2D eigenvalue weighted by Crippen LogP contribution is -2.43. The summed E-state index contributed by atoms with van der Waals surface area (Å²) < 4.78 is 0. The maximum Gasteiger partial charge on any atom is 0.322 e. The smallest absolute Gasteiger partial charge is 0.322 e. The van der Waals surface area contributed by atoms with Gasteiger partial charge in [0.15, 0.2) is 0 Å². The number of benzene rings is 1. The average molecular weight is 375 g/mol. The van der Waals surface area contributed by atoms with Crippen molar-refractivity contribution in [3.05, 3.63) is 29.8 Å². The standard InChI is InChI=1S/C19H25N3O5/c1-2-4-16(23)22-10-3-5-14(12-22)19(27)21-15-8-6-13(7-9-15)18(26)20-11-17(24)25/h6-9,14H,2-5,10-12H2,1H3,(H,20,26)(H,21,27)(H,24,25). The topological polar surface area (TPSA) is 116 Å². The zero-order chi connectivity index (χ0) is 19.8. The molecule has 0 bridgehead atoms. The summed E-state index contributed by atoms with van der Waals surface area (Å²) in [5.74, 6) is -1.92. The SMILES string of the molecule is CCCC(=O)N1CCCC(C(=O)Nc2ccc(C(=O)NCC(=O)O)cc2)C1. The number of carboxylic acid groups (broad SMARTS) is 1. The number of hydrogen-bond donors (Lipinski definition) is 3. The molecule has 1 heterocycles. The van der Waals surface area contributed by atoms with Gasteiger partial charge in [0, 0.05) is 30.8 Å². The highest BCUT2D eigenvalue weighted by atomic mass is 16.4. The van der Waals surface area contributed by atoms with Gasteiger partial charge in [0.05, 0.1) is 5.92 Å². The van der Waals surface area contributed by atoms with Gasteiger partial charge in [-0.1, -0.05) is 6.92 Å². The summed E-state index contributed by atoms with van der Waals surface area (Å²) in [6.45, 7) is 2.63. The molecule has 3 amide bonds. The Labute approximate surface area is 157 Å². The number of nitrogens with zero attached hydrogens (tertiary/aromatic N) is 1. The fourth-order valence-corrected chi connectivity index (χ4v) is 3.00. The van der Waals surface area contributed by atoms with Crippen LogP contribution in [0.2, 0.25) is 0 Å². The van der Waals surface area contributed by atoms with Gasteiger partial charge in [-0.2, -0.15) is 0 Å². The average Bonchev–Trinajstić information content (AvgIpc) is 2.67. The molecule has 8 nitrogen and oxygen atoms in total. The minimum atomic E-state index is -1.12. The molecule has 0 saturated carbocycles. The van der Waals surface area contributed by atoms with E-state index in [4.69, 9.17) is 5.11 Å². The third-order valence-electron chi connectivity index (χ3n) is 4.42. The molecule has 1 fully saturated rings. The number of likely N-dealkylation sites (tertiary alicyclic amines) is 1. The number of rotatable bonds is 7. The molecule has 8 heteroatoms. The van der Waals surface area contributed by atoms with Crippen molar-refractivity contribution in [3.63, 3.8) is 0 Å². The van der Waals surface area contributed by atoms with Crippen LogP contribution >= 0.6 is 0 Å². The maximum atomic E-state index is 12.5. The number of nitrogens with one attached hydrogen (secondary N) is 2. The van der Waals surface area contributed by atoms with Crippen molar-refractivity contribution in [2.75, 3.05) is 25.0 Å². The summed E-state index contributed by atoms with van der Waals surface area (Å²) in [4.78, 5) is 48.6. The van der Waals surface area contributed by atoms with Crippen molar-refractivity contribution in [2.24, 2.45) is 5.92 Å². The van der Waals surface area contributed by atoms with Crippen molar-refractivity contribution < 1.29 is 24.3 Å². The molecule has 0 aliphatic carbocycles. The first-order valence-corrected chi connectivity index (χ1v) is 9.09. The van der Waals surface area contributed by atoms with Gasteiger partial charge in [-0.3, -0.25) is 19.2 Å². The summed E-state index contributed by atoms with van der Waals surface area (Å²) in [5.41, 5.74) is 0.857. The summed E-state index contributed by atoms with van der Waals surface area (Å²) in [7, 11) is 0. The van der Waals surface area contributed by atoms with Crippen LogP contribution in [0.5, 0.6) is 0 Å². The molecule has 1 aliphatic heterocycles. The molecule has 1 aromatic carbocycles. The van der Waals surface area contributed by atoms with Crippen LogP contribution in [0.25, 0.3) is 0 Å². The normalized spacial score (nSPS) is 16.5. The Morgan fingerprint density at radius 2 is 1.89 bits per heavy atom. The van der Waals surface area contributed by atoms with Gasteiger partial charge in [0.25, 0.3) is 5.91 Å². The number of carbonyl (C=O) groups excluding carboxylic acids is 3. The molecule has 3 N–H and O–H groups in total.